The molecule has 206 valence electrons. The van der Waals surface area contributed by atoms with E-state index in [1.807, 2.05) is 81.1 Å². The van der Waals surface area contributed by atoms with E-state index in [1.165, 1.54) is 0 Å². The zero-order valence-corrected chi connectivity index (χ0v) is 23.2. The predicted molar refractivity (Wildman–Crippen MR) is 151 cm³/mol. The zero-order chi connectivity index (χ0) is 28.0. The van der Waals surface area contributed by atoms with E-state index in [9.17, 15) is 9.59 Å². The first-order chi connectivity index (χ1) is 18.8. The summed E-state index contributed by atoms with van der Waals surface area (Å²) in [4.78, 5) is 30.5. The highest BCUT2D eigenvalue weighted by Crippen LogP contribution is 2.18. The Balaban J connectivity index is 1.29. The summed E-state index contributed by atoms with van der Waals surface area (Å²) in [5.74, 6) is 1.22. The van der Waals surface area contributed by atoms with Crippen LogP contribution in [0.5, 0.6) is 11.5 Å². The van der Waals surface area contributed by atoms with Gasteiger partial charge in [0, 0.05) is 35.6 Å². The molecule has 0 N–H and O–H groups in total. The number of benzene rings is 2. The molecule has 0 aliphatic carbocycles. The minimum Gasteiger partial charge on any atom is -0.494 e. The van der Waals surface area contributed by atoms with Crippen molar-refractivity contribution in [2.45, 2.75) is 65.6 Å². The van der Waals surface area contributed by atoms with E-state index in [2.05, 4.69) is 15.2 Å². The van der Waals surface area contributed by atoms with Crippen LogP contribution in [0.4, 0.5) is 0 Å². The zero-order valence-electron chi connectivity index (χ0n) is 23.2. The molecule has 0 saturated heterocycles. The van der Waals surface area contributed by atoms with Crippen molar-refractivity contribution in [3.63, 3.8) is 0 Å². The van der Waals surface area contributed by atoms with Gasteiger partial charge in [0.1, 0.15) is 11.5 Å². The fourth-order valence-electron chi connectivity index (χ4n) is 4.09. The van der Waals surface area contributed by atoms with E-state index < -0.39 is 0 Å². The molecule has 39 heavy (non-hydrogen) atoms. The lowest BCUT2D eigenvalue weighted by Gasteiger charge is -2.30. The molecule has 8 nitrogen and oxygen atoms in total. The molecular weight excluding hydrogens is 492 g/mol. The molecule has 0 aliphatic heterocycles. The van der Waals surface area contributed by atoms with Gasteiger partial charge >= 0.3 is 0 Å². The molecule has 8 heteroatoms. The van der Waals surface area contributed by atoms with Crippen LogP contribution >= 0.6 is 0 Å². The van der Waals surface area contributed by atoms with Gasteiger partial charge < -0.3 is 14.4 Å². The Labute approximate surface area is 231 Å². The molecule has 1 aromatic heterocycles. The number of ether oxygens (including phenoxy) is 2. The van der Waals surface area contributed by atoms with Gasteiger partial charge in [0.25, 0.3) is 11.8 Å². The van der Waals surface area contributed by atoms with Crippen molar-refractivity contribution >= 4 is 11.8 Å². The third-order valence-corrected chi connectivity index (χ3v) is 6.04. The predicted octanol–water partition coefficient (Wildman–Crippen LogP) is 6.76. The molecule has 0 bridgehead atoms. The number of carbonyl (C=O) groups is 2. The van der Waals surface area contributed by atoms with Gasteiger partial charge in [-0.25, -0.2) is 0 Å². The number of unbranched alkanes of at least 4 members (excludes halogenated alkanes) is 2. The third-order valence-electron chi connectivity index (χ3n) is 6.04. The van der Waals surface area contributed by atoms with Crippen molar-refractivity contribution < 1.29 is 19.1 Å². The van der Waals surface area contributed by atoms with Crippen molar-refractivity contribution in [2.75, 3.05) is 13.2 Å². The summed E-state index contributed by atoms with van der Waals surface area (Å²) in [5, 5.41) is 7.74. The summed E-state index contributed by atoms with van der Waals surface area (Å²) < 4.78 is 11.7. The minimum atomic E-state index is -0.382. The van der Waals surface area contributed by atoms with E-state index in [0.29, 0.717) is 30.9 Å². The number of rotatable bonds is 14. The van der Waals surface area contributed by atoms with E-state index in [1.54, 1.807) is 24.5 Å². The average molecular weight is 531 g/mol. The third kappa shape index (κ3) is 9.63. The van der Waals surface area contributed by atoms with Crippen LogP contribution in [0.3, 0.4) is 0 Å². The second-order valence-corrected chi connectivity index (χ2v) is 9.77. The van der Waals surface area contributed by atoms with Gasteiger partial charge in [0.2, 0.25) is 0 Å². The van der Waals surface area contributed by atoms with E-state index in [4.69, 9.17) is 9.47 Å². The summed E-state index contributed by atoms with van der Waals surface area (Å²) in [6, 6.07) is 18.5. The fraction of sp³-hybridized carbons (Fsp3) is 0.387. The monoisotopic (exact) mass is 530 g/mol. The minimum absolute atomic E-state index is 0.0418. The number of amides is 2. The number of pyridine rings is 1. The van der Waals surface area contributed by atoms with Gasteiger partial charge in [-0.15, -0.1) is 5.11 Å². The van der Waals surface area contributed by atoms with Crippen LogP contribution in [0.25, 0.3) is 0 Å². The van der Waals surface area contributed by atoms with Crippen LogP contribution in [0.15, 0.2) is 83.3 Å². The Bertz CT molecular complexity index is 1190. The molecule has 0 unspecified atom stereocenters. The topological polar surface area (TPSA) is 93.5 Å². The first-order valence-electron chi connectivity index (χ1n) is 13.4. The highest BCUT2D eigenvalue weighted by atomic mass is 16.5. The Hall–Kier alpha value is -4.07. The first-order valence-corrected chi connectivity index (χ1v) is 13.4. The fourth-order valence-corrected chi connectivity index (χ4v) is 4.09. The van der Waals surface area contributed by atoms with Crippen LogP contribution < -0.4 is 9.47 Å². The molecule has 3 rings (SSSR count). The van der Waals surface area contributed by atoms with Crippen LogP contribution in [0.2, 0.25) is 0 Å². The highest BCUT2D eigenvalue weighted by Gasteiger charge is 2.21. The number of aromatic nitrogens is 1. The normalized spacial score (nSPS) is 11.2. The van der Waals surface area contributed by atoms with Gasteiger partial charge in [-0.05, 0) is 101 Å². The number of nitrogens with zero attached hydrogens (tertiary/aromatic N) is 4. The Morgan fingerprint density at radius 1 is 0.744 bits per heavy atom. The largest absolute Gasteiger partial charge is 0.494 e. The maximum absolute atomic E-state index is 12.8. The van der Waals surface area contributed by atoms with Gasteiger partial charge in [0.15, 0.2) is 0 Å². The summed E-state index contributed by atoms with van der Waals surface area (Å²) in [7, 11) is 0. The van der Waals surface area contributed by atoms with Crippen LogP contribution in [0.1, 0.15) is 73.2 Å². The lowest BCUT2D eigenvalue weighted by molar-refractivity contribution is 0.0643. The molecule has 1 heterocycles. The molecule has 0 fully saturated rings. The molecule has 0 aliphatic rings. The van der Waals surface area contributed by atoms with Crippen molar-refractivity contribution in [1.82, 2.24) is 9.88 Å². The van der Waals surface area contributed by atoms with Gasteiger partial charge in [-0.2, -0.15) is 5.11 Å². The van der Waals surface area contributed by atoms with Gasteiger partial charge in [-0.3, -0.25) is 14.6 Å². The number of azo groups is 1. The van der Waals surface area contributed by atoms with Crippen LogP contribution in [-0.4, -0.2) is 47.0 Å². The standard InChI is InChI=1S/C31H38N4O4/c1-23(2)35(24(3)4)31(37)27-10-14-29(15-11-27)39-21-7-5-6-20-38-28-12-8-25(9-13-28)22-33-34-30(36)26-16-18-32-19-17-26/h8-19,23-24H,5-7,20-22H2,1-4H3. The molecule has 2 amide bonds. The van der Waals surface area contributed by atoms with E-state index in [-0.39, 0.29) is 23.9 Å². The lowest BCUT2D eigenvalue weighted by atomic mass is 10.1. The molecular formula is C31H38N4O4. The Morgan fingerprint density at radius 3 is 1.82 bits per heavy atom. The smallest absolute Gasteiger partial charge is 0.295 e. The maximum atomic E-state index is 12.8. The molecule has 0 spiro atoms. The van der Waals surface area contributed by atoms with Crippen molar-refractivity contribution in [3.8, 4) is 11.5 Å². The average Bonchev–Trinajstić information content (AvgIpc) is 2.93. The van der Waals surface area contributed by atoms with Gasteiger partial charge in [-0.1, -0.05) is 12.1 Å². The Morgan fingerprint density at radius 2 is 1.28 bits per heavy atom. The lowest BCUT2D eigenvalue weighted by Crippen LogP contribution is -2.42. The van der Waals surface area contributed by atoms with Crippen molar-refractivity contribution in [2.24, 2.45) is 10.2 Å². The number of carbonyl (C=O) groups excluding carboxylic acids is 2. The summed E-state index contributed by atoms with van der Waals surface area (Å²) in [6.07, 6.45) is 5.92. The molecule has 0 saturated carbocycles. The van der Waals surface area contributed by atoms with Crippen molar-refractivity contribution in [1.29, 1.82) is 0 Å². The first kappa shape index (κ1) is 29.5. The SMILES string of the molecule is CC(C)N(C(=O)c1ccc(OCCCCCOc2ccc(CN=NC(=O)c3ccncc3)cc2)cc1)C(C)C. The van der Waals surface area contributed by atoms with Crippen LogP contribution in [-0.2, 0) is 6.54 Å². The second-order valence-electron chi connectivity index (χ2n) is 9.77. The molecule has 3 aromatic rings. The van der Waals surface area contributed by atoms with E-state index >= 15 is 0 Å². The molecule has 0 radical (unpaired) electrons. The van der Waals surface area contributed by atoms with Crippen molar-refractivity contribution in [3.05, 3.63) is 89.7 Å². The molecule has 2 aromatic carbocycles. The van der Waals surface area contributed by atoms with E-state index in [0.717, 1.165) is 36.3 Å². The van der Waals surface area contributed by atoms with Crippen LogP contribution in [0, 0.1) is 0 Å². The summed E-state index contributed by atoms with van der Waals surface area (Å²) in [5.41, 5.74) is 2.09. The quantitative estimate of drug-likeness (QED) is 0.170. The highest BCUT2D eigenvalue weighted by molar-refractivity contribution is 5.95. The summed E-state index contributed by atoms with van der Waals surface area (Å²) in [6.45, 7) is 9.69. The van der Waals surface area contributed by atoms with Gasteiger partial charge in [0.05, 0.1) is 19.8 Å². The maximum Gasteiger partial charge on any atom is 0.295 e. The number of hydrogen-bond acceptors (Lipinski definition) is 6. The summed E-state index contributed by atoms with van der Waals surface area (Å²) >= 11 is 0. The number of hydrogen-bond donors (Lipinski definition) is 0. The Kier molecular flexibility index (Phi) is 11.6. The second kappa shape index (κ2) is 15.4. The molecule has 0 atom stereocenters.